The lowest BCUT2D eigenvalue weighted by Gasteiger charge is -2.08. The van der Waals surface area contributed by atoms with Crippen LogP contribution < -0.4 is 11.1 Å². The highest BCUT2D eigenvalue weighted by atomic mass is 79.9. The molecule has 2 nitrogen and oxygen atoms in total. The van der Waals surface area contributed by atoms with Crippen molar-refractivity contribution in [3.05, 3.63) is 27.7 Å². The highest BCUT2D eigenvalue weighted by molar-refractivity contribution is 9.10. The minimum Gasteiger partial charge on any atom is -0.399 e. The van der Waals surface area contributed by atoms with Crippen molar-refractivity contribution < 1.29 is 0 Å². The van der Waals surface area contributed by atoms with E-state index in [1.165, 1.54) is 5.56 Å². The second-order valence-electron chi connectivity index (χ2n) is 3.08. The van der Waals surface area contributed by atoms with E-state index in [4.69, 9.17) is 5.73 Å². The molecule has 0 aliphatic rings. The summed E-state index contributed by atoms with van der Waals surface area (Å²) in [5.41, 5.74) is 9.00. The number of aryl methyl sites for hydroxylation is 1. The fraction of sp³-hybridized carbons (Fsp3) is 0.400. The third-order valence-electron chi connectivity index (χ3n) is 2.00. The van der Waals surface area contributed by atoms with E-state index in [-0.39, 0.29) is 0 Å². The van der Waals surface area contributed by atoms with Crippen LogP contribution in [0.2, 0.25) is 0 Å². The Morgan fingerprint density at radius 1 is 1.46 bits per heavy atom. The molecular formula is C10H15BrN2. The molecule has 0 amide bonds. The molecular weight excluding hydrogens is 228 g/mol. The van der Waals surface area contributed by atoms with Gasteiger partial charge in [-0.25, -0.2) is 0 Å². The van der Waals surface area contributed by atoms with Crippen molar-refractivity contribution in [1.29, 1.82) is 0 Å². The molecule has 0 bridgehead atoms. The van der Waals surface area contributed by atoms with Crippen molar-refractivity contribution in [3.8, 4) is 0 Å². The lowest BCUT2D eigenvalue weighted by molar-refractivity contribution is 0.725. The molecule has 0 fully saturated rings. The summed E-state index contributed by atoms with van der Waals surface area (Å²) in [5, 5.41) is 3.27. The number of benzene rings is 1. The standard InChI is InChI=1S/C10H15BrN2/c1-3-13-6-8-5-10(12)7(2)4-9(8)11/h4-5,13H,3,6,12H2,1-2H3. The van der Waals surface area contributed by atoms with E-state index in [0.717, 1.165) is 28.8 Å². The van der Waals surface area contributed by atoms with Crippen LogP contribution in [-0.4, -0.2) is 6.54 Å². The van der Waals surface area contributed by atoms with Crippen LogP contribution in [0.5, 0.6) is 0 Å². The Labute approximate surface area is 87.6 Å². The van der Waals surface area contributed by atoms with Gasteiger partial charge in [-0.05, 0) is 36.7 Å². The first-order valence-electron chi connectivity index (χ1n) is 4.40. The van der Waals surface area contributed by atoms with E-state index >= 15 is 0 Å². The minimum absolute atomic E-state index is 0.858. The van der Waals surface area contributed by atoms with E-state index < -0.39 is 0 Å². The first-order valence-corrected chi connectivity index (χ1v) is 5.19. The third kappa shape index (κ3) is 2.71. The summed E-state index contributed by atoms with van der Waals surface area (Å²) < 4.78 is 1.13. The number of hydrogen-bond donors (Lipinski definition) is 2. The summed E-state index contributed by atoms with van der Waals surface area (Å²) in [6.45, 7) is 5.93. The van der Waals surface area contributed by atoms with Gasteiger partial charge in [-0.3, -0.25) is 0 Å². The number of hydrogen-bond acceptors (Lipinski definition) is 2. The van der Waals surface area contributed by atoms with Gasteiger partial charge in [0.2, 0.25) is 0 Å². The molecule has 13 heavy (non-hydrogen) atoms. The summed E-state index contributed by atoms with van der Waals surface area (Å²) >= 11 is 3.52. The molecule has 3 N–H and O–H groups in total. The number of anilines is 1. The average molecular weight is 243 g/mol. The summed E-state index contributed by atoms with van der Waals surface area (Å²) in [5.74, 6) is 0. The van der Waals surface area contributed by atoms with Crippen molar-refractivity contribution in [2.75, 3.05) is 12.3 Å². The zero-order valence-corrected chi connectivity index (χ0v) is 9.61. The van der Waals surface area contributed by atoms with Gasteiger partial charge in [-0.2, -0.15) is 0 Å². The first kappa shape index (κ1) is 10.5. The van der Waals surface area contributed by atoms with Crippen LogP contribution >= 0.6 is 15.9 Å². The topological polar surface area (TPSA) is 38.0 Å². The van der Waals surface area contributed by atoms with Gasteiger partial charge in [0.1, 0.15) is 0 Å². The van der Waals surface area contributed by atoms with Crippen molar-refractivity contribution in [3.63, 3.8) is 0 Å². The Morgan fingerprint density at radius 2 is 2.15 bits per heavy atom. The molecule has 0 radical (unpaired) electrons. The van der Waals surface area contributed by atoms with Crippen molar-refractivity contribution in [2.45, 2.75) is 20.4 Å². The normalized spacial score (nSPS) is 10.4. The molecule has 0 spiro atoms. The molecule has 1 aromatic rings. The Balaban J connectivity index is 2.88. The van der Waals surface area contributed by atoms with Crippen LogP contribution in [-0.2, 0) is 6.54 Å². The highest BCUT2D eigenvalue weighted by Crippen LogP contribution is 2.22. The largest absolute Gasteiger partial charge is 0.399 e. The van der Waals surface area contributed by atoms with Gasteiger partial charge in [-0.15, -0.1) is 0 Å². The van der Waals surface area contributed by atoms with E-state index in [0.29, 0.717) is 0 Å². The second kappa shape index (κ2) is 4.63. The van der Waals surface area contributed by atoms with Gasteiger partial charge in [0, 0.05) is 16.7 Å². The van der Waals surface area contributed by atoms with Crippen molar-refractivity contribution >= 4 is 21.6 Å². The Morgan fingerprint density at radius 3 is 2.77 bits per heavy atom. The van der Waals surface area contributed by atoms with Crippen LogP contribution in [0, 0.1) is 6.92 Å². The van der Waals surface area contributed by atoms with Gasteiger partial charge in [0.15, 0.2) is 0 Å². The summed E-state index contributed by atoms with van der Waals surface area (Å²) in [6, 6.07) is 4.07. The number of nitrogens with two attached hydrogens (primary N) is 1. The zero-order valence-electron chi connectivity index (χ0n) is 8.02. The van der Waals surface area contributed by atoms with E-state index in [1.807, 2.05) is 13.0 Å². The lowest BCUT2D eigenvalue weighted by atomic mass is 10.1. The van der Waals surface area contributed by atoms with Crippen LogP contribution in [0.3, 0.4) is 0 Å². The smallest absolute Gasteiger partial charge is 0.0347 e. The van der Waals surface area contributed by atoms with Gasteiger partial charge in [0.25, 0.3) is 0 Å². The van der Waals surface area contributed by atoms with Gasteiger partial charge in [0.05, 0.1) is 0 Å². The second-order valence-corrected chi connectivity index (χ2v) is 3.93. The van der Waals surface area contributed by atoms with Crippen molar-refractivity contribution in [2.24, 2.45) is 0 Å². The Bertz CT molecular complexity index is 297. The molecule has 0 aliphatic carbocycles. The Kier molecular flexibility index (Phi) is 3.75. The van der Waals surface area contributed by atoms with Crippen LogP contribution in [0.15, 0.2) is 16.6 Å². The monoisotopic (exact) mass is 242 g/mol. The van der Waals surface area contributed by atoms with E-state index in [9.17, 15) is 0 Å². The highest BCUT2D eigenvalue weighted by Gasteiger charge is 2.02. The molecule has 0 aromatic heterocycles. The summed E-state index contributed by atoms with van der Waals surface area (Å²) in [4.78, 5) is 0. The quantitative estimate of drug-likeness (QED) is 0.800. The number of halogens is 1. The van der Waals surface area contributed by atoms with Crippen LogP contribution in [0.25, 0.3) is 0 Å². The predicted octanol–water partition coefficient (Wildman–Crippen LogP) is 2.45. The van der Waals surface area contributed by atoms with Gasteiger partial charge in [-0.1, -0.05) is 22.9 Å². The van der Waals surface area contributed by atoms with Gasteiger partial charge >= 0.3 is 0 Å². The van der Waals surface area contributed by atoms with Crippen LogP contribution in [0.4, 0.5) is 5.69 Å². The van der Waals surface area contributed by atoms with Gasteiger partial charge < -0.3 is 11.1 Å². The zero-order chi connectivity index (χ0) is 9.84. The number of nitrogen functional groups attached to an aromatic ring is 1. The molecule has 1 rings (SSSR count). The predicted molar refractivity (Wildman–Crippen MR) is 60.7 cm³/mol. The molecule has 0 unspecified atom stereocenters. The SMILES string of the molecule is CCNCc1cc(N)c(C)cc1Br. The minimum atomic E-state index is 0.858. The Hall–Kier alpha value is -0.540. The van der Waals surface area contributed by atoms with E-state index in [1.54, 1.807) is 0 Å². The molecule has 72 valence electrons. The average Bonchev–Trinajstić information content (AvgIpc) is 2.09. The first-order chi connectivity index (χ1) is 6.15. The molecule has 0 atom stereocenters. The summed E-state index contributed by atoms with van der Waals surface area (Å²) in [6.07, 6.45) is 0. The molecule has 0 heterocycles. The number of rotatable bonds is 3. The fourth-order valence-corrected chi connectivity index (χ4v) is 1.73. The van der Waals surface area contributed by atoms with Crippen LogP contribution in [0.1, 0.15) is 18.1 Å². The maximum absolute atomic E-state index is 5.81. The molecule has 1 aromatic carbocycles. The summed E-state index contributed by atoms with van der Waals surface area (Å²) in [7, 11) is 0. The van der Waals surface area contributed by atoms with Crippen molar-refractivity contribution in [1.82, 2.24) is 5.32 Å². The third-order valence-corrected chi connectivity index (χ3v) is 2.74. The molecule has 0 saturated heterocycles. The molecule has 0 aliphatic heterocycles. The lowest BCUT2D eigenvalue weighted by Crippen LogP contribution is -2.12. The van der Waals surface area contributed by atoms with E-state index in [2.05, 4.69) is 34.2 Å². The molecule has 0 saturated carbocycles. The maximum atomic E-state index is 5.81. The molecule has 3 heteroatoms. The maximum Gasteiger partial charge on any atom is 0.0347 e. The number of nitrogens with one attached hydrogen (secondary N) is 1. The fourth-order valence-electron chi connectivity index (χ4n) is 1.13.